The summed E-state index contributed by atoms with van der Waals surface area (Å²) >= 11 is 8.52. The average Bonchev–Trinajstić information content (AvgIpc) is 3.05. The Labute approximate surface area is 151 Å². The van der Waals surface area contributed by atoms with E-state index < -0.39 is 0 Å². The molecule has 3 aromatic rings. The Morgan fingerprint density at radius 2 is 2.08 bits per heavy atom. The molecule has 1 aromatic carbocycles. The third-order valence-electron chi connectivity index (χ3n) is 3.42. The normalized spacial score (nSPS) is 10.9. The van der Waals surface area contributed by atoms with E-state index in [-0.39, 0.29) is 18.0 Å². The van der Waals surface area contributed by atoms with Crippen molar-refractivity contribution < 1.29 is 4.79 Å². The number of fused-ring (bicyclic) bond motifs is 1. The minimum Gasteiger partial charge on any atom is -0.350 e. The topological polar surface area (TPSA) is 64.0 Å². The summed E-state index contributed by atoms with van der Waals surface area (Å²) in [5.74, 6) is -0.236. The van der Waals surface area contributed by atoms with E-state index in [4.69, 9.17) is 11.6 Å². The molecule has 124 valence electrons. The average molecular weight is 380 g/mol. The Morgan fingerprint density at radius 1 is 1.33 bits per heavy atom. The molecular formula is C16H14ClN3O2S2. The highest BCUT2D eigenvalue weighted by Gasteiger charge is 2.14. The predicted octanol–water partition coefficient (Wildman–Crippen LogP) is 3.15. The lowest BCUT2D eigenvalue weighted by Gasteiger charge is -2.11. The van der Waals surface area contributed by atoms with E-state index in [2.05, 4.69) is 10.3 Å². The number of aromatic nitrogens is 2. The minimum absolute atomic E-state index is 0.0521. The monoisotopic (exact) mass is 379 g/mol. The molecule has 2 heterocycles. The number of carbonyl (C=O) groups is 1. The molecule has 0 radical (unpaired) electrons. The summed E-state index contributed by atoms with van der Waals surface area (Å²) in [5.41, 5.74) is 1.44. The van der Waals surface area contributed by atoms with E-state index in [0.29, 0.717) is 26.9 Å². The summed E-state index contributed by atoms with van der Waals surface area (Å²) < 4.78 is 1.99. The van der Waals surface area contributed by atoms with Gasteiger partial charge in [0, 0.05) is 11.6 Å². The van der Waals surface area contributed by atoms with Crippen molar-refractivity contribution in [1.82, 2.24) is 14.9 Å². The molecule has 1 N–H and O–H groups in total. The van der Waals surface area contributed by atoms with E-state index in [0.717, 1.165) is 5.56 Å². The van der Waals surface area contributed by atoms with Gasteiger partial charge in [-0.1, -0.05) is 35.5 Å². The lowest BCUT2D eigenvalue weighted by Crippen LogP contribution is -2.33. The molecule has 1 amide bonds. The summed E-state index contributed by atoms with van der Waals surface area (Å²) in [6.45, 7) is 0.331. The summed E-state index contributed by atoms with van der Waals surface area (Å²) in [4.78, 5) is 29.2. The first-order valence-corrected chi connectivity index (χ1v) is 9.60. The highest BCUT2D eigenvalue weighted by atomic mass is 35.5. The SMILES string of the molecule is CSc1nc2ccsc2c(=O)n1CC(=O)NCc1ccc(Cl)cc1. The smallest absolute Gasteiger partial charge is 0.272 e. The van der Waals surface area contributed by atoms with Gasteiger partial charge in [0.2, 0.25) is 5.91 Å². The molecule has 24 heavy (non-hydrogen) atoms. The number of thioether (sulfide) groups is 1. The molecule has 0 bridgehead atoms. The standard InChI is InChI=1S/C16H14ClN3O2S2/c1-23-16-19-12-6-7-24-14(12)15(22)20(16)9-13(21)18-8-10-2-4-11(17)5-3-10/h2-7H,8-9H2,1H3,(H,18,21). The first-order chi connectivity index (χ1) is 11.6. The summed E-state index contributed by atoms with van der Waals surface area (Å²) in [6, 6.07) is 9.05. The van der Waals surface area contributed by atoms with Gasteiger partial charge < -0.3 is 5.32 Å². The lowest BCUT2D eigenvalue weighted by molar-refractivity contribution is -0.122. The Balaban J connectivity index is 1.76. The molecule has 0 aliphatic heterocycles. The van der Waals surface area contributed by atoms with Gasteiger partial charge in [-0.05, 0) is 35.4 Å². The molecule has 0 atom stereocenters. The number of nitrogens with one attached hydrogen (secondary N) is 1. The maximum absolute atomic E-state index is 12.5. The van der Waals surface area contributed by atoms with Gasteiger partial charge in [0.15, 0.2) is 5.16 Å². The van der Waals surface area contributed by atoms with E-state index in [1.165, 1.54) is 27.7 Å². The number of carbonyl (C=O) groups excluding carboxylic acids is 1. The highest BCUT2D eigenvalue weighted by Crippen LogP contribution is 2.19. The first-order valence-electron chi connectivity index (χ1n) is 7.11. The van der Waals surface area contributed by atoms with Crippen LogP contribution in [0.3, 0.4) is 0 Å². The fraction of sp³-hybridized carbons (Fsp3) is 0.188. The highest BCUT2D eigenvalue weighted by molar-refractivity contribution is 7.98. The van der Waals surface area contributed by atoms with Crippen LogP contribution in [0, 0.1) is 0 Å². The second-order valence-corrected chi connectivity index (χ2v) is 7.15. The predicted molar refractivity (Wildman–Crippen MR) is 99.0 cm³/mol. The van der Waals surface area contributed by atoms with Crippen molar-refractivity contribution in [2.24, 2.45) is 0 Å². The van der Waals surface area contributed by atoms with Crippen LogP contribution in [0.25, 0.3) is 10.2 Å². The van der Waals surface area contributed by atoms with Crippen molar-refractivity contribution in [3.63, 3.8) is 0 Å². The van der Waals surface area contributed by atoms with E-state index >= 15 is 0 Å². The Morgan fingerprint density at radius 3 is 2.79 bits per heavy atom. The van der Waals surface area contributed by atoms with E-state index in [1.807, 2.05) is 29.8 Å². The van der Waals surface area contributed by atoms with Crippen molar-refractivity contribution in [3.05, 3.63) is 56.7 Å². The maximum Gasteiger partial charge on any atom is 0.272 e. The number of nitrogens with zero attached hydrogens (tertiary/aromatic N) is 2. The molecule has 0 saturated carbocycles. The van der Waals surface area contributed by atoms with Gasteiger partial charge in [-0.3, -0.25) is 14.2 Å². The van der Waals surface area contributed by atoms with Crippen LogP contribution in [0.2, 0.25) is 5.02 Å². The Bertz CT molecular complexity index is 935. The summed E-state index contributed by atoms with van der Waals surface area (Å²) in [7, 11) is 0. The second kappa shape index (κ2) is 7.38. The van der Waals surface area contributed by atoms with Gasteiger partial charge in [-0.25, -0.2) is 4.98 Å². The molecule has 0 aliphatic carbocycles. The zero-order valence-corrected chi connectivity index (χ0v) is 15.2. The van der Waals surface area contributed by atoms with Crippen LogP contribution in [0.4, 0.5) is 0 Å². The molecule has 8 heteroatoms. The molecule has 0 spiro atoms. The summed E-state index contributed by atoms with van der Waals surface area (Å²) in [6.07, 6.45) is 1.84. The minimum atomic E-state index is -0.236. The number of hydrogen-bond donors (Lipinski definition) is 1. The quantitative estimate of drug-likeness (QED) is 0.546. The number of halogens is 1. The third-order valence-corrected chi connectivity index (χ3v) is 5.24. The van der Waals surface area contributed by atoms with Gasteiger partial charge in [0.05, 0.1) is 5.52 Å². The van der Waals surface area contributed by atoms with Gasteiger partial charge in [-0.15, -0.1) is 11.3 Å². The Kier molecular flexibility index (Phi) is 5.23. The zero-order chi connectivity index (χ0) is 17.1. The van der Waals surface area contributed by atoms with E-state index in [1.54, 1.807) is 12.1 Å². The number of hydrogen-bond acceptors (Lipinski definition) is 5. The second-order valence-electron chi connectivity index (χ2n) is 5.03. The number of amides is 1. The molecule has 0 fully saturated rings. The van der Waals surface area contributed by atoms with Crippen molar-refractivity contribution >= 4 is 50.8 Å². The van der Waals surface area contributed by atoms with Gasteiger partial charge in [-0.2, -0.15) is 0 Å². The van der Waals surface area contributed by atoms with Crippen LogP contribution in [0.1, 0.15) is 5.56 Å². The maximum atomic E-state index is 12.5. The Hall–Kier alpha value is -1.83. The van der Waals surface area contributed by atoms with Crippen molar-refractivity contribution in [3.8, 4) is 0 Å². The van der Waals surface area contributed by atoms with Gasteiger partial charge in [0.1, 0.15) is 11.2 Å². The van der Waals surface area contributed by atoms with Crippen LogP contribution >= 0.6 is 34.7 Å². The van der Waals surface area contributed by atoms with Crippen LogP contribution in [0.15, 0.2) is 45.7 Å². The lowest BCUT2D eigenvalue weighted by atomic mass is 10.2. The van der Waals surface area contributed by atoms with Crippen molar-refractivity contribution in [2.75, 3.05) is 6.26 Å². The molecule has 3 rings (SSSR count). The van der Waals surface area contributed by atoms with Gasteiger partial charge in [0.25, 0.3) is 5.56 Å². The number of benzene rings is 1. The van der Waals surface area contributed by atoms with Crippen LogP contribution in [0.5, 0.6) is 0 Å². The molecule has 5 nitrogen and oxygen atoms in total. The fourth-order valence-electron chi connectivity index (χ4n) is 2.22. The van der Waals surface area contributed by atoms with Crippen LogP contribution in [-0.2, 0) is 17.9 Å². The molecule has 0 saturated heterocycles. The van der Waals surface area contributed by atoms with Crippen molar-refractivity contribution in [1.29, 1.82) is 0 Å². The number of rotatable bonds is 5. The van der Waals surface area contributed by atoms with Crippen LogP contribution in [-0.4, -0.2) is 21.7 Å². The van der Waals surface area contributed by atoms with E-state index in [9.17, 15) is 9.59 Å². The largest absolute Gasteiger partial charge is 0.350 e. The van der Waals surface area contributed by atoms with Gasteiger partial charge >= 0.3 is 0 Å². The fourth-order valence-corrected chi connectivity index (χ4v) is 3.68. The number of thiophene rings is 1. The molecule has 0 aliphatic rings. The molecule has 2 aromatic heterocycles. The zero-order valence-electron chi connectivity index (χ0n) is 12.8. The molecular weight excluding hydrogens is 366 g/mol. The first kappa shape index (κ1) is 17.0. The molecule has 0 unspecified atom stereocenters. The third kappa shape index (κ3) is 3.63. The van der Waals surface area contributed by atoms with Crippen molar-refractivity contribution in [2.45, 2.75) is 18.2 Å². The van der Waals surface area contributed by atoms with Crippen LogP contribution < -0.4 is 10.9 Å². The summed E-state index contributed by atoms with van der Waals surface area (Å²) in [5, 5.41) is 5.82.